The minimum absolute atomic E-state index is 0.0537. The molecule has 0 fully saturated rings. The van der Waals surface area contributed by atoms with Gasteiger partial charge in [0.1, 0.15) is 5.82 Å². The molecule has 4 nitrogen and oxygen atoms in total. The highest BCUT2D eigenvalue weighted by Gasteiger charge is 2.09. The molecule has 1 aromatic heterocycles. The molecule has 1 aromatic carbocycles. The van der Waals surface area contributed by atoms with Gasteiger partial charge in [0.15, 0.2) is 0 Å². The van der Waals surface area contributed by atoms with E-state index >= 15 is 0 Å². The van der Waals surface area contributed by atoms with E-state index in [4.69, 9.17) is 17.3 Å². The van der Waals surface area contributed by atoms with E-state index in [0.717, 1.165) is 0 Å². The number of hydrogen-bond acceptors (Lipinski definition) is 3. The van der Waals surface area contributed by atoms with E-state index in [1.807, 2.05) is 19.2 Å². The number of nitrogens with zero attached hydrogens (tertiary/aromatic N) is 2. The van der Waals surface area contributed by atoms with E-state index in [2.05, 4.69) is 10.4 Å². The first-order valence-corrected chi connectivity index (χ1v) is 5.92. The number of anilines is 2. The van der Waals surface area contributed by atoms with Crippen LogP contribution in [0, 0.1) is 5.82 Å². The van der Waals surface area contributed by atoms with Crippen molar-refractivity contribution < 1.29 is 4.39 Å². The van der Waals surface area contributed by atoms with E-state index in [1.165, 1.54) is 12.1 Å². The molecule has 0 radical (unpaired) electrons. The van der Waals surface area contributed by atoms with Gasteiger partial charge in [0, 0.05) is 24.5 Å². The highest BCUT2D eigenvalue weighted by Crippen LogP contribution is 2.26. The predicted molar refractivity (Wildman–Crippen MR) is 71.1 cm³/mol. The van der Waals surface area contributed by atoms with Crippen LogP contribution >= 0.6 is 11.6 Å². The second-order valence-corrected chi connectivity index (χ2v) is 4.53. The zero-order chi connectivity index (χ0) is 13.1. The number of nitrogens with one attached hydrogen (secondary N) is 1. The Bertz CT molecular complexity index is 527. The van der Waals surface area contributed by atoms with Crippen molar-refractivity contribution in [2.75, 3.05) is 11.1 Å². The van der Waals surface area contributed by atoms with Crippen molar-refractivity contribution in [2.24, 2.45) is 0 Å². The maximum absolute atomic E-state index is 13.1. The average molecular weight is 269 g/mol. The fourth-order valence-corrected chi connectivity index (χ4v) is 1.85. The van der Waals surface area contributed by atoms with Crippen LogP contribution < -0.4 is 11.1 Å². The highest BCUT2D eigenvalue weighted by atomic mass is 35.5. The maximum atomic E-state index is 13.1. The van der Waals surface area contributed by atoms with E-state index < -0.39 is 5.82 Å². The monoisotopic (exact) mass is 268 g/mol. The molecule has 2 rings (SSSR count). The molecule has 0 aliphatic heterocycles. The minimum atomic E-state index is -0.514. The lowest BCUT2D eigenvalue weighted by Gasteiger charge is -2.17. The lowest BCUT2D eigenvalue weighted by atomic mass is 10.2. The van der Waals surface area contributed by atoms with Gasteiger partial charge in [-0.05, 0) is 19.1 Å². The van der Waals surface area contributed by atoms with Crippen molar-refractivity contribution in [3.05, 3.63) is 41.4 Å². The molecule has 0 aliphatic carbocycles. The summed E-state index contributed by atoms with van der Waals surface area (Å²) in [5, 5.41) is 7.34. The molecule has 1 unspecified atom stereocenters. The molecule has 96 valence electrons. The van der Waals surface area contributed by atoms with Gasteiger partial charge in [-0.1, -0.05) is 11.6 Å². The van der Waals surface area contributed by atoms with Gasteiger partial charge in [-0.15, -0.1) is 0 Å². The Kier molecular flexibility index (Phi) is 3.72. The number of nitrogens with two attached hydrogens (primary N) is 1. The number of nitrogen functional groups attached to an aromatic ring is 1. The standard InChI is InChI=1S/C12H14ClFN4/c1-8(7-18-4-2-3-16-18)17-12-5-9(13)10(14)6-11(12)15/h2-6,8,17H,7,15H2,1H3. The molecule has 0 amide bonds. The molecule has 2 aromatic rings. The van der Waals surface area contributed by atoms with Gasteiger partial charge in [-0.2, -0.15) is 5.10 Å². The lowest BCUT2D eigenvalue weighted by Crippen LogP contribution is -2.22. The zero-order valence-corrected chi connectivity index (χ0v) is 10.7. The van der Waals surface area contributed by atoms with E-state index in [9.17, 15) is 4.39 Å². The summed E-state index contributed by atoms with van der Waals surface area (Å²) in [5.74, 6) is -0.514. The SMILES string of the molecule is CC(Cn1cccn1)Nc1cc(Cl)c(F)cc1N. The second-order valence-electron chi connectivity index (χ2n) is 4.13. The van der Waals surface area contributed by atoms with Gasteiger partial charge in [-0.25, -0.2) is 4.39 Å². The summed E-state index contributed by atoms with van der Waals surface area (Å²) in [7, 11) is 0. The average Bonchev–Trinajstić information content (AvgIpc) is 2.78. The van der Waals surface area contributed by atoms with Crippen molar-refractivity contribution in [1.82, 2.24) is 9.78 Å². The first kappa shape index (κ1) is 12.7. The third-order valence-corrected chi connectivity index (χ3v) is 2.80. The molecule has 0 saturated heterocycles. The molecule has 1 heterocycles. The normalized spacial score (nSPS) is 12.4. The maximum Gasteiger partial charge on any atom is 0.143 e. The third kappa shape index (κ3) is 2.92. The number of halogens is 2. The molecule has 6 heteroatoms. The van der Waals surface area contributed by atoms with Crippen molar-refractivity contribution in [3.63, 3.8) is 0 Å². The third-order valence-electron chi connectivity index (χ3n) is 2.51. The fraction of sp³-hybridized carbons (Fsp3) is 0.250. The first-order valence-electron chi connectivity index (χ1n) is 5.54. The van der Waals surface area contributed by atoms with Gasteiger partial charge in [0.2, 0.25) is 0 Å². The zero-order valence-electron chi connectivity index (χ0n) is 9.90. The summed E-state index contributed by atoms with van der Waals surface area (Å²) in [6, 6.07) is 4.65. The Morgan fingerprint density at radius 3 is 3.00 bits per heavy atom. The van der Waals surface area contributed by atoms with Crippen LogP contribution in [0.25, 0.3) is 0 Å². The van der Waals surface area contributed by atoms with Crippen LogP contribution in [0.5, 0.6) is 0 Å². The van der Waals surface area contributed by atoms with Crippen LogP contribution in [0.4, 0.5) is 15.8 Å². The fourth-order valence-electron chi connectivity index (χ4n) is 1.69. The summed E-state index contributed by atoms with van der Waals surface area (Å²) in [4.78, 5) is 0. The topological polar surface area (TPSA) is 55.9 Å². The molecule has 0 spiro atoms. The summed E-state index contributed by atoms with van der Waals surface area (Å²) < 4.78 is 15.0. The summed E-state index contributed by atoms with van der Waals surface area (Å²) >= 11 is 5.72. The second kappa shape index (κ2) is 5.27. The van der Waals surface area contributed by atoms with Crippen LogP contribution in [0.3, 0.4) is 0 Å². The molecule has 0 bridgehead atoms. The highest BCUT2D eigenvalue weighted by molar-refractivity contribution is 6.31. The molecular formula is C12H14ClFN4. The molecule has 18 heavy (non-hydrogen) atoms. The first-order chi connectivity index (χ1) is 8.56. The number of hydrogen-bond donors (Lipinski definition) is 2. The van der Waals surface area contributed by atoms with Crippen LogP contribution in [0.15, 0.2) is 30.6 Å². The Balaban J connectivity index is 2.07. The van der Waals surface area contributed by atoms with E-state index in [0.29, 0.717) is 17.9 Å². The molecule has 3 N–H and O–H groups in total. The molecule has 1 atom stereocenters. The predicted octanol–water partition coefficient (Wildman–Crippen LogP) is 2.76. The summed E-state index contributed by atoms with van der Waals surface area (Å²) in [6.07, 6.45) is 3.59. The Morgan fingerprint density at radius 2 is 2.33 bits per heavy atom. The summed E-state index contributed by atoms with van der Waals surface area (Å²) in [6.45, 7) is 2.67. The van der Waals surface area contributed by atoms with Gasteiger partial charge in [0.05, 0.1) is 22.9 Å². The van der Waals surface area contributed by atoms with Crippen LogP contribution in [0.1, 0.15) is 6.92 Å². The van der Waals surface area contributed by atoms with Gasteiger partial charge in [-0.3, -0.25) is 4.68 Å². The van der Waals surface area contributed by atoms with Gasteiger partial charge < -0.3 is 11.1 Å². The van der Waals surface area contributed by atoms with Crippen LogP contribution in [-0.4, -0.2) is 15.8 Å². The van der Waals surface area contributed by atoms with Crippen molar-refractivity contribution in [1.29, 1.82) is 0 Å². The quantitative estimate of drug-likeness (QED) is 0.839. The Hall–Kier alpha value is -1.75. The largest absolute Gasteiger partial charge is 0.397 e. The van der Waals surface area contributed by atoms with Gasteiger partial charge in [0.25, 0.3) is 0 Å². The number of rotatable bonds is 4. The van der Waals surface area contributed by atoms with E-state index in [1.54, 1.807) is 10.9 Å². The van der Waals surface area contributed by atoms with E-state index in [-0.39, 0.29) is 11.1 Å². The lowest BCUT2D eigenvalue weighted by molar-refractivity contribution is 0.561. The molecular weight excluding hydrogens is 255 g/mol. The van der Waals surface area contributed by atoms with Gasteiger partial charge >= 0.3 is 0 Å². The van der Waals surface area contributed by atoms with Crippen molar-refractivity contribution >= 4 is 23.0 Å². The molecule has 0 saturated carbocycles. The van der Waals surface area contributed by atoms with Crippen molar-refractivity contribution in [2.45, 2.75) is 19.5 Å². The smallest absolute Gasteiger partial charge is 0.143 e. The Morgan fingerprint density at radius 1 is 1.56 bits per heavy atom. The Labute approximate surface area is 110 Å². The minimum Gasteiger partial charge on any atom is -0.397 e. The number of benzene rings is 1. The number of aromatic nitrogens is 2. The van der Waals surface area contributed by atoms with Crippen LogP contribution in [0.2, 0.25) is 5.02 Å². The molecule has 0 aliphatic rings. The van der Waals surface area contributed by atoms with Crippen LogP contribution in [-0.2, 0) is 6.54 Å². The van der Waals surface area contributed by atoms with Crippen molar-refractivity contribution in [3.8, 4) is 0 Å². The summed E-state index contributed by atoms with van der Waals surface area (Å²) in [5.41, 5.74) is 6.69.